The lowest BCUT2D eigenvalue weighted by molar-refractivity contribution is -0.274. The lowest BCUT2D eigenvalue weighted by Crippen LogP contribution is -2.20. The lowest BCUT2D eigenvalue weighted by Gasteiger charge is -2.17. The minimum Gasteiger partial charge on any atom is -0.406 e. The Kier molecular flexibility index (Phi) is 4.58. The van der Waals surface area contributed by atoms with Crippen molar-refractivity contribution >= 4 is 35.0 Å². The highest BCUT2D eigenvalue weighted by molar-refractivity contribution is 8.00. The zero-order valence-electron chi connectivity index (χ0n) is 12.5. The number of rotatable bonds is 3. The first kappa shape index (κ1) is 17.2. The number of thioether (sulfide) groups is 1. The van der Waals surface area contributed by atoms with Gasteiger partial charge in [-0.05, 0) is 42.5 Å². The summed E-state index contributed by atoms with van der Waals surface area (Å²) in [7, 11) is 0. The quantitative estimate of drug-likeness (QED) is 0.863. The smallest absolute Gasteiger partial charge is 0.406 e. The van der Waals surface area contributed by atoms with Crippen LogP contribution in [0.4, 0.5) is 24.5 Å². The molecule has 1 aliphatic heterocycles. The van der Waals surface area contributed by atoms with Gasteiger partial charge in [0.1, 0.15) is 5.75 Å². The molecule has 5 nitrogen and oxygen atoms in total. The number of fused-ring (bicyclic) bond motifs is 1. The Balaban J connectivity index is 1.70. The summed E-state index contributed by atoms with van der Waals surface area (Å²) in [6.45, 7) is 0. The fourth-order valence-corrected chi connectivity index (χ4v) is 2.96. The molecule has 130 valence electrons. The first-order valence-electron chi connectivity index (χ1n) is 7.04. The van der Waals surface area contributed by atoms with E-state index in [9.17, 15) is 22.8 Å². The largest absolute Gasteiger partial charge is 0.573 e. The number of amides is 2. The van der Waals surface area contributed by atoms with Crippen molar-refractivity contribution in [1.82, 2.24) is 0 Å². The zero-order chi connectivity index (χ0) is 18.0. The minimum atomic E-state index is -4.77. The predicted molar refractivity (Wildman–Crippen MR) is 86.9 cm³/mol. The number of hydrogen-bond acceptors (Lipinski definition) is 4. The molecule has 0 saturated carbocycles. The Bertz CT molecular complexity index is 822. The molecule has 0 aliphatic carbocycles. The van der Waals surface area contributed by atoms with Crippen LogP contribution in [0.5, 0.6) is 5.75 Å². The fraction of sp³-hybridized carbons (Fsp3) is 0.125. The van der Waals surface area contributed by atoms with E-state index in [-0.39, 0.29) is 11.7 Å². The second-order valence-corrected chi connectivity index (χ2v) is 6.09. The van der Waals surface area contributed by atoms with Gasteiger partial charge in [-0.15, -0.1) is 24.9 Å². The molecule has 2 aromatic carbocycles. The molecule has 0 bridgehead atoms. The van der Waals surface area contributed by atoms with Crippen LogP contribution in [-0.2, 0) is 4.79 Å². The van der Waals surface area contributed by atoms with Crippen LogP contribution in [0, 0.1) is 0 Å². The van der Waals surface area contributed by atoms with Crippen LogP contribution in [0.25, 0.3) is 0 Å². The molecule has 0 saturated heterocycles. The van der Waals surface area contributed by atoms with Gasteiger partial charge in [0, 0.05) is 16.1 Å². The first-order valence-corrected chi connectivity index (χ1v) is 8.02. The van der Waals surface area contributed by atoms with Gasteiger partial charge in [-0.2, -0.15) is 0 Å². The highest BCUT2D eigenvalue weighted by atomic mass is 32.2. The molecule has 0 spiro atoms. The van der Waals surface area contributed by atoms with Gasteiger partial charge in [-0.1, -0.05) is 0 Å². The molecule has 9 heteroatoms. The van der Waals surface area contributed by atoms with E-state index >= 15 is 0 Å². The lowest BCUT2D eigenvalue weighted by atomic mass is 10.1. The number of carbonyl (C=O) groups is 2. The number of halogens is 3. The molecule has 2 N–H and O–H groups in total. The number of ether oxygens (including phenoxy) is 1. The SMILES string of the molecule is O=C1CSc2ccc(C(=O)Nc3ccc(OC(F)(F)F)cc3)cc2N1. The molecule has 3 rings (SSSR count). The average Bonchev–Trinajstić information content (AvgIpc) is 2.54. The average molecular weight is 368 g/mol. The monoisotopic (exact) mass is 368 g/mol. The molecule has 0 radical (unpaired) electrons. The Hall–Kier alpha value is -2.68. The van der Waals surface area contributed by atoms with Gasteiger partial charge in [0.05, 0.1) is 11.4 Å². The first-order chi connectivity index (χ1) is 11.8. The third-order valence-corrected chi connectivity index (χ3v) is 4.29. The maximum atomic E-state index is 12.3. The number of anilines is 2. The maximum absolute atomic E-state index is 12.3. The number of benzene rings is 2. The number of nitrogens with one attached hydrogen (secondary N) is 2. The van der Waals surface area contributed by atoms with E-state index < -0.39 is 12.3 Å². The van der Waals surface area contributed by atoms with Crippen molar-refractivity contribution in [2.75, 3.05) is 16.4 Å². The van der Waals surface area contributed by atoms with Crippen molar-refractivity contribution in [2.45, 2.75) is 11.3 Å². The van der Waals surface area contributed by atoms with Crippen LogP contribution in [-0.4, -0.2) is 23.9 Å². The van der Waals surface area contributed by atoms with Crippen molar-refractivity contribution in [3.8, 4) is 5.75 Å². The Morgan fingerprint density at radius 2 is 1.88 bits per heavy atom. The van der Waals surface area contributed by atoms with Crippen molar-refractivity contribution in [1.29, 1.82) is 0 Å². The normalized spacial score (nSPS) is 13.6. The maximum Gasteiger partial charge on any atom is 0.573 e. The van der Waals surface area contributed by atoms with Crippen LogP contribution in [0.15, 0.2) is 47.4 Å². The second-order valence-electron chi connectivity index (χ2n) is 5.07. The van der Waals surface area contributed by atoms with Gasteiger partial charge in [0.2, 0.25) is 5.91 Å². The fourth-order valence-electron chi connectivity index (χ4n) is 2.17. The Morgan fingerprint density at radius 1 is 1.16 bits per heavy atom. The summed E-state index contributed by atoms with van der Waals surface area (Å²) in [4.78, 5) is 24.5. The minimum absolute atomic E-state index is 0.143. The van der Waals surface area contributed by atoms with Crippen molar-refractivity contribution in [3.05, 3.63) is 48.0 Å². The molecule has 25 heavy (non-hydrogen) atoms. The predicted octanol–water partition coefficient (Wildman–Crippen LogP) is 3.88. The van der Waals surface area contributed by atoms with E-state index in [1.54, 1.807) is 18.2 Å². The topological polar surface area (TPSA) is 67.4 Å². The Labute approximate surface area is 144 Å². The van der Waals surface area contributed by atoms with Gasteiger partial charge >= 0.3 is 6.36 Å². The van der Waals surface area contributed by atoms with Crippen molar-refractivity contribution in [2.24, 2.45) is 0 Å². The molecule has 0 fully saturated rings. The van der Waals surface area contributed by atoms with E-state index in [0.29, 0.717) is 22.7 Å². The molecule has 2 amide bonds. The number of hydrogen-bond donors (Lipinski definition) is 2. The van der Waals surface area contributed by atoms with Crippen LogP contribution in [0.2, 0.25) is 0 Å². The van der Waals surface area contributed by atoms with Crippen molar-refractivity contribution < 1.29 is 27.5 Å². The second kappa shape index (κ2) is 6.67. The van der Waals surface area contributed by atoms with Gasteiger partial charge in [-0.25, -0.2) is 0 Å². The summed E-state index contributed by atoms with van der Waals surface area (Å²) in [5, 5.41) is 5.26. The summed E-state index contributed by atoms with van der Waals surface area (Å²) >= 11 is 1.38. The number of alkyl halides is 3. The van der Waals surface area contributed by atoms with Gasteiger partial charge in [0.25, 0.3) is 5.91 Å². The van der Waals surface area contributed by atoms with Gasteiger partial charge in [-0.3, -0.25) is 9.59 Å². The van der Waals surface area contributed by atoms with E-state index in [2.05, 4.69) is 15.4 Å². The highest BCUT2D eigenvalue weighted by Gasteiger charge is 2.31. The molecule has 0 atom stereocenters. The highest BCUT2D eigenvalue weighted by Crippen LogP contribution is 2.32. The van der Waals surface area contributed by atoms with Gasteiger partial charge < -0.3 is 15.4 Å². The van der Waals surface area contributed by atoms with E-state index in [0.717, 1.165) is 17.0 Å². The summed E-state index contributed by atoms with van der Waals surface area (Å²) in [6, 6.07) is 9.70. The molecule has 2 aromatic rings. The van der Waals surface area contributed by atoms with E-state index in [1.165, 1.54) is 23.9 Å². The summed E-state index contributed by atoms with van der Waals surface area (Å²) in [5.74, 6) is -0.642. The third kappa shape index (κ3) is 4.44. The summed E-state index contributed by atoms with van der Waals surface area (Å²) in [6.07, 6.45) is -4.77. The van der Waals surface area contributed by atoms with Crippen molar-refractivity contribution in [3.63, 3.8) is 0 Å². The van der Waals surface area contributed by atoms with Crippen LogP contribution in [0.3, 0.4) is 0 Å². The standard InChI is InChI=1S/C16H11F3N2O3S/c17-16(18,19)24-11-4-2-10(3-5-11)20-15(23)9-1-6-13-12(7-9)21-14(22)8-25-13/h1-7H,8H2,(H,20,23)(H,21,22). The molecular formula is C16H11F3N2O3S. The molecule has 0 aromatic heterocycles. The van der Waals surface area contributed by atoms with Crippen LogP contribution in [0.1, 0.15) is 10.4 Å². The van der Waals surface area contributed by atoms with E-state index in [1.807, 2.05) is 0 Å². The van der Waals surface area contributed by atoms with Gasteiger partial charge in [0.15, 0.2) is 0 Å². The van der Waals surface area contributed by atoms with Crippen LogP contribution >= 0.6 is 11.8 Å². The summed E-state index contributed by atoms with van der Waals surface area (Å²) in [5.41, 5.74) is 1.19. The molecule has 1 aliphatic rings. The van der Waals surface area contributed by atoms with E-state index in [4.69, 9.17) is 0 Å². The van der Waals surface area contributed by atoms with Crippen LogP contribution < -0.4 is 15.4 Å². The molecule has 0 unspecified atom stereocenters. The molecular weight excluding hydrogens is 357 g/mol. The molecule has 1 heterocycles. The zero-order valence-corrected chi connectivity index (χ0v) is 13.3. The Morgan fingerprint density at radius 3 is 2.56 bits per heavy atom. The third-order valence-electron chi connectivity index (χ3n) is 3.22. The number of carbonyl (C=O) groups excluding carboxylic acids is 2. The summed E-state index contributed by atoms with van der Waals surface area (Å²) < 4.78 is 40.1.